The lowest BCUT2D eigenvalue weighted by molar-refractivity contribution is -0.120. The minimum atomic E-state index is -0.596. The Morgan fingerprint density at radius 2 is 1.91 bits per heavy atom. The van der Waals surface area contributed by atoms with E-state index in [1.165, 1.54) is 18.5 Å². The van der Waals surface area contributed by atoms with Crippen molar-refractivity contribution in [3.63, 3.8) is 0 Å². The van der Waals surface area contributed by atoms with Crippen LogP contribution in [0.15, 0.2) is 46.0 Å². The van der Waals surface area contributed by atoms with Crippen molar-refractivity contribution in [2.45, 2.75) is 49.7 Å². The molecule has 5 heterocycles. The topological polar surface area (TPSA) is 95.8 Å². The lowest BCUT2D eigenvalue weighted by atomic mass is 9.70. The molecule has 5 aliphatic heterocycles. The van der Waals surface area contributed by atoms with Crippen molar-refractivity contribution >= 4 is 6.41 Å². The molecular weight excluding hydrogens is 442 g/mol. The molecule has 1 aromatic carbocycles. The highest BCUT2D eigenvalue weighted by molar-refractivity contribution is 5.48. The van der Waals surface area contributed by atoms with Crippen LogP contribution < -0.4 is 10.6 Å². The third kappa shape index (κ3) is 4.08. The molecule has 3 fully saturated rings. The highest BCUT2D eigenvalue weighted by atomic mass is 16.3. The summed E-state index contributed by atoms with van der Waals surface area (Å²) in [4.78, 5) is 18.4. The molecule has 35 heavy (non-hydrogen) atoms. The number of phenols is 1. The summed E-state index contributed by atoms with van der Waals surface area (Å²) in [6, 6.07) is 8.58. The first kappa shape index (κ1) is 22.8. The van der Waals surface area contributed by atoms with Crippen molar-refractivity contribution < 1.29 is 9.90 Å². The van der Waals surface area contributed by atoms with Gasteiger partial charge in [-0.3, -0.25) is 9.69 Å². The Labute approximate surface area is 207 Å². The van der Waals surface area contributed by atoms with Crippen LogP contribution in [0.2, 0.25) is 0 Å². The number of phenolic OH excluding ortho intramolecular Hbond substituents is 1. The van der Waals surface area contributed by atoms with Crippen molar-refractivity contribution in [3.05, 3.63) is 41.3 Å². The number of likely N-dealkylation sites (tertiary alicyclic amines) is 1. The van der Waals surface area contributed by atoms with Gasteiger partial charge in [-0.1, -0.05) is 18.2 Å². The van der Waals surface area contributed by atoms with Gasteiger partial charge in [0.2, 0.25) is 6.41 Å². The number of fused-ring (bicyclic) bond motifs is 2. The predicted octanol–water partition coefficient (Wildman–Crippen LogP) is 1.82. The van der Waals surface area contributed by atoms with E-state index in [9.17, 15) is 9.90 Å². The molecule has 1 unspecified atom stereocenters. The summed E-state index contributed by atoms with van der Waals surface area (Å²) in [7, 11) is 0. The van der Waals surface area contributed by atoms with Gasteiger partial charge in [0.15, 0.2) is 5.82 Å². The standard InChI is InChI=1S/C26H37N7O2/c34-18-31-12-13-33-21(17-31)15-28-25-23(33)14-26(30-29-25,22-5-1-2-6-24(22)35)19-4-3-11-32(16-19)20-7-9-27-10-8-20/h1-2,5-6,18-21,27-28,35H,3-4,7-17H2/t19?,21-,26+/m0/s1. The maximum atomic E-state index is 11.4. The Morgan fingerprint density at radius 1 is 1.06 bits per heavy atom. The Kier molecular flexibility index (Phi) is 6.14. The first-order chi connectivity index (χ1) is 17.2. The molecule has 0 aliphatic carbocycles. The summed E-state index contributed by atoms with van der Waals surface area (Å²) in [6.45, 7) is 7.32. The zero-order valence-corrected chi connectivity index (χ0v) is 20.4. The van der Waals surface area contributed by atoms with Crippen molar-refractivity contribution in [2.24, 2.45) is 16.1 Å². The third-order valence-corrected chi connectivity index (χ3v) is 8.88. The second kappa shape index (κ2) is 9.43. The Morgan fingerprint density at radius 3 is 2.74 bits per heavy atom. The normalized spacial score (nSPS) is 32.1. The number of nitrogens with one attached hydrogen (secondary N) is 2. The maximum Gasteiger partial charge on any atom is 0.209 e. The lowest BCUT2D eigenvalue weighted by Crippen LogP contribution is -2.60. The van der Waals surface area contributed by atoms with Crippen LogP contribution in [0.1, 0.15) is 37.7 Å². The second-order valence-corrected chi connectivity index (χ2v) is 10.8. The molecule has 1 aromatic rings. The molecule has 0 radical (unpaired) electrons. The number of para-hydroxylation sites is 1. The second-order valence-electron chi connectivity index (χ2n) is 10.8. The molecule has 0 bridgehead atoms. The SMILES string of the molecule is O=CN1CCN2C3=C(N=N[C@@](c4ccccc4O)(C4CCCN(C5CCNCC5)C4)C3)NC[C@H]2C1. The molecule has 3 saturated heterocycles. The first-order valence-corrected chi connectivity index (χ1v) is 13.3. The number of carbonyl (C=O) groups excluding carboxylic acids is 1. The van der Waals surface area contributed by atoms with E-state index in [1.807, 2.05) is 23.1 Å². The van der Waals surface area contributed by atoms with Crippen LogP contribution >= 0.6 is 0 Å². The zero-order valence-electron chi connectivity index (χ0n) is 20.4. The van der Waals surface area contributed by atoms with Crippen LogP contribution in [-0.4, -0.2) is 90.7 Å². The van der Waals surface area contributed by atoms with Crippen LogP contribution in [-0.2, 0) is 10.3 Å². The number of piperazine rings is 1. The summed E-state index contributed by atoms with van der Waals surface area (Å²) in [5, 5.41) is 27.9. The van der Waals surface area contributed by atoms with Gasteiger partial charge in [0.1, 0.15) is 11.3 Å². The molecule has 0 spiro atoms. The van der Waals surface area contributed by atoms with E-state index in [1.54, 1.807) is 6.07 Å². The Balaban J connectivity index is 1.34. The van der Waals surface area contributed by atoms with Crippen molar-refractivity contribution in [1.29, 1.82) is 0 Å². The Bertz CT molecular complexity index is 1010. The van der Waals surface area contributed by atoms with Crippen LogP contribution in [0, 0.1) is 5.92 Å². The molecule has 0 saturated carbocycles. The third-order valence-electron chi connectivity index (χ3n) is 8.88. The quantitative estimate of drug-likeness (QED) is 0.571. The number of rotatable bonds is 4. The Hall–Kier alpha value is -2.65. The van der Waals surface area contributed by atoms with E-state index < -0.39 is 5.54 Å². The van der Waals surface area contributed by atoms with Gasteiger partial charge in [-0.2, -0.15) is 5.11 Å². The molecule has 188 valence electrons. The van der Waals surface area contributed by atoms with Crippen molar-refractivity contribution in [1.82, 2.24) is 25.3 Å². The van der Waals surface area contributed by atoms with E-state index in [2.05, 4.69) is 20.4 Å². The molecule has 9 heteroatoms. The summed E-state index contributed by atoms with van der Waals surface area (Å²) >= 11 is 0. The molecule has 1 amide bonds. The number of amides is 1. The average Bonchev–Trinajstić information content (AvgIpc) is 2.93. The molecule has 6 rings (SSSR count). The summed E-state index contributed by atoms with van der Waals surface area (Å²) in [5.74, 6) is 1.44. The smallest absolute Gasteiger partial charge is 0.209 e. The van der Waals surface area contributed by atoms with E-state index in [-0.39, 0.29) is 12.0 Å². The van der Waals surface area contributed by atoms with Gasteiger partial charge >= 0.3 is 0 Å². The van der Waals surface area contributed by atoms with Gasteiger partial charge in [0, 0.05) is 56.7 Å². The highest BCUT2D eigenvalue weighted by Crippen LogP contribution is 2.50. The van der Waals surface area contributed by atoms with Crippen molar-refractivity contribution in [3.8, 4) is 5.75 Å². The molecule has 0 aromatic heterocycles. The predicted molar refractivity (Wildman–Crippen MR) is 133 cm³/mol. The monoisotopic (exact) mass is 479 g/mol. The van der Waals surface area contributed by atoms with Gasteiger partial charge in [-0.05, 0) is 51.4 Å². The number of nitrogens with zero attached hydrogens (tertiary/aromatic N) is 5. The van der Waals surface area contributed by atoms with Crippen molar-refractivity contribution in [2.75, 3.05) is 52.4 Å². The summed E-state index contributed by atoms with van der Waals surface area (Å²) in [6.07, 6.45) is 6.29. The van der Waals surface area contributed by atoms with E-state index in [4.69, 9.17) is 10.2 Å². The number of azo groups is 1. The minimum absolute atomic E-state index is 0.237. The lowest BCUT2D eigenvalue weighted by Gasteiger charge is -2.51. The fraction of sp³-hybridized carbons (Fsp3) is 0.654. The first-order valence-electron chi connectivity index (χ1n) is 13.3. The number of piperidine rings is 2. The van der Waals surface area contributed by atoms with Gasteiger partial charge in [-0.25, -0.2) is 0 Å². The number of hydrogen-bond acceptors (Lipinski definition) is 8. The van der Waals surface area contributed by atoms with Gasteiger partial charge < -0.3 is 25.5 Å². The van der Waals surface area contributed by atoms with Crippen LogP contribution in [0.3, 0.4) is 0 Å². The average molecular weight is 480 g/mol. The number of aromatic hydroxyl groups is 1. The van der Waals surface area contributed by atoms with Crippen LogP contribution in [0.4, 0.5) is 0 Å². The summed E-state index contributed by atoms with van der Waals surface area (Å²) in [5.41, 5.74) is 1.48. The number of hydrogen-bond donors (Lipinski definition) is 3. The van der Waals surface area contributed by atoms with E-state index >= 15 is 0 Å². The van der Waals surface area contributed by atoms with E-state index in [0.717, 1.165) is 89.4 Å². The minimum Gasteiger partial charge on any atom is -0.508 e. The summed E-state index contributed by atoms with van der Waals surface area (Å²) < 4.78 is 0. The maximum absolute atomic E-state index is 11.4. The molecule has 5 aliphatic rings. The van der Waals surface area contributed by atoms with Crippen LogP contribution in [0.5, 0.6) is 5.75 Å². The molecule has 3 N–H and O–H groups in total. The van der Waals surface area contributed by atoms with E-state index in [0.29, 0.717) is 11.8 Å². The highest BCUT2D eigenvalue weighted by Gasteiger charge is 2.50. The van der Waals surface area contributed by atoms with Crippen LogP contribution in [0.25, 0.3) is 0 Å². The molecular formula is C26H37N7O2. The van der Waals surface area contributed by atoms with Gasteiger partial charge in [-0.15, -0.1) is 5.11 Å². The number of benzene rings is 1. The van der Waals surface area contributed by atoms with Gasteiger partial charge in [0.25, 0.3) is 0 Å². The van der Waals surface area contributed by atoms with Gasteiger partial charge in [0.05, 0.1) is 11.7 Å². The fourth-order valence-electron chi connectivity index (χ4n) is 7.00. The number of carbonyl (C=O) groups is 1. The molecule has 3 atom stereocenters. The largest absolute Gasteiger partial charge is 0.508 e. The zero-order chi connectivity index (χ0) is 23.8. The molecule has 9 nitrogen and oxygen atoms in total. The fourth-order valence-corrected chi connectivity index (χ4v) is 7.00.